The normalized spacial score (nSPS) is 32.1. The smallest absolute Gasteiger partial charge is 0.000513 e. The fourth-order valence-electron chi connectivity index (χ4n) is 7.75. The molecule has 0 aliphatic heterocycles. The third-order valence-electron chi connectivity index (χ3n) is 10.3. The first-order chi connectivity index (χ1) is 14.6. The Morgan fingerprint density at radius 2 is 1.48 bits per heavy atom. The van der Waals surface area contributed by atoms with Crippen LogP contribution in [0.15, 0.2) is 34.4 Å². The third kappa shape index (κ3) is 3.00. The van der Waals surface area contributed by atoms with Crippen LogP contribution in [0.1, 0.15) is 99.1 Å². The molecule has 0 amide bonds. The van der Waals surface area contributed by atoms with E-state index in [1.165, 1.54) is 72.8 Å². The maximum Gasteiger partial charge on any atom is 0.000513 e. The van der Waals surface area contributed by atoms with Gasteiger partial charge in [-0.1, -0.05) is 38.5 Å². The molecule has 0 N–H and O–H groups in total. The predicted octanol–water partition coefficient (Wildman–Crippen LogP) is 8.68. The summed E-state index contributed by atoms with van der Waals surface area (Å²) in [5, 5.41) is 0. The van der Waals surface area contributed by atoms with Crippen LogP contribution in [-0.2, 0) is 5.41 Å². The molecule has 1 atom stereocenters. The van der Waals surface area contributed by atoms with Crippen molar-refractivity contribution in [2.75, 3.05) is 0 Å². The first kappa shape index (κ1) is 21.3. The van der Waals surface area contributed by atoms with E-state index in [1.807, 2.05) is 5.57 Å². The van der Waals surface area contributed by atoms with Gasteiger partial charge in [0.15, 0.2) is 0 Å². The minimum absolute atomic E-state index is 0.248. The van der Waals surface area contributed by atoms with Crippen LogP contribution in [-0.4, -0.2) is 0 Å². The molecule has 4 aliphatic rings. The van der Waals surface area contributed by atoms with Crippen molar-refractivity contribution < 1.29 is 0 Å². The van der Waals surface area contributed by atoms with Crippen LogP contribution in [0.2, 0.25) is 0 Å². The van der Waals surface area contributed by atoms with Crippen molar-refractivity contribution in [3.63, 3.8) is 0 Å². The summed E-state index contributed by atoms with van der Waals surface area (Å²) in [5.41, 5.74) is 16.9. The van der Waals surface area contributed by atoms with E-state index in [-0.39, 0.29) is 5.41 Å². The third-order valence-corrected chi connectivity index (χ3v) is 10.3. The Kier molecular flexibility index (Phi) is 4.79. The molecule has 5 rings (SSSR count). The average molecular weight is 415 g/mol. The molecular formula is C31H42. The van der Waals surface area contributed by atoms with E-state index < -0.39 is 0 Å². The van der Waals surface area contributed by atoms with E-state index in [1.54, 1.807) is 22.3 Å². The Morgan fingerprint density at radius 3 is 2.10 bits per heavy atom. The van der Waals surface area contributed by atoms with Gasteiger partial charge in [0, 0.05) is 5.41 Å². The van der Waals surface area contributed by atoms with E-state index in [9.17, 15) is 0 Å². The molecule has 0 bridgehead atoms. The van der Waals surface area contributed by atoms with Crippen molar-refractivity contribution in [2.24, 2.45) is 17.3 Å². The number of hydrogen-bond donors (Lipinski definition) is 0. The van der Waals surface area contributed by atoms with Gasteiger partial charge in [0.1, 0.15) is 0 Å². The van der Waals surface area contributed by atoms with Gasteiger partial charge in [-0.05, 0) is 147 Å². The standard InChI is InChI=1S/C31H42/c1-18(2)27-16-31(17-27)12-10-24-13-26(14-28(24)31)25-9-11-30(8,15-25)29-22(6)20(4)19(3)21(5)23(29)7/h9,13,18,27H,10-12,14-17H2,1-8H3. The molecule has 166 valence electrons. The number of benzene rings is 1. The first-order valence-corrected chi connectivity index (χ1v) is 12.8. The first-order valence-electron chi connectivity index (χ1n) is 12.8. The fourth-order valence-corrected chi connectivity index (χ4v) is 7.75. The summed E-state index contributed by atoms with van der Waals surface area (Å²) in [5.74, 6) is 1.82. The largest absolute Gasteiger partial charge is 0.0801 e. The van der Waals surface area contributed by atoms with Gasteiger partial charge in [-0.25, -0.2) is 0 Å². The van der Waals surface area contributed by atoms with Crippen LogP contribution in [0.5, 0.6) is 0 Å². The van der Waals surface area contributed by atoms with Gasteiger partial charge in [0.05, 0.1) is 0 Å². The maximum atomic E-state index is 2.62. The number of hydrogen-bond acceptors (Lipinski definition) is 0. The second-order valence-corrected chi connectivity index (χ2v) is 12.2. The Hall–Kier alpha value is -1.56. The molecule has 1 aromatic rings. The Labute approximate surface area is 190 Å². The fraction of sp³-hybridized carbons (Fsp3) is 0.613. The van der Waals surface area contributed by atoms with E-state index in [0.717, 1.165) is 11.8 Å². The van der Waals surface area contributed by atoms with Gasteiger partial charge < -0.3 is 0 Å². The zero-order chi connectivity index (χ0) is 22.3. The second-order valence-electron chi connectivity index (χ2n) is 12.2. The lowest BCUT2D eigenvalue weighted by Crippen LogP contribution is -2.39. The highest BCUT2D eigenvalue weighted by Gasteiger charge is 2.52. The molecule has 0 nitrogen and oxygen atoms in total. The second kappa shape index (κ2) is 6.97. The molecule has 0 heterocycles. The molecule has 0 heteroatoms. The van der Waals surface area contributed by atoms with Gasteiger partial charge in [-0.15, -0.1) is 0 Å². The maximum absolute atomic E-state index is 2.62. The van der Waals surface area contributed by atoms with Crippen molar-refractivity contribution in [2.45, 2.75) is 106 Å². The Bertz CT molecular complexity index is 1020. The Balaban J connectivity index is 1.36. The molecule has 1 saturated carbocycles. The van der Waals surface area contributed by atoms with E-state index in [4.69, 9.17) is 0 Å². The van der Waals surface area contributed by atoms with Gasteiger partial charge in [0.2, 0.25) is 0 Å². The van der Waals surface area contributed by atoms with Gasteiger partial charge in [-0.3, -0.25) is 0 Å². The van der Waals surface area contributed by atoms with Crippen LogP contribution in [0, 0.1) is 51.9 Å². The molecule has 0 saturated heterocycles. The quantitative estimate of drug-likeness (QED) is 0.464. The molecule has 31 heavy (non-hydrogen) atoms. The van der Waals surface area contributed by atoms with E-state index in [2.05, 4.69) is 67.5 Å². The lowest BCUT2D eigenvalue weighted by molar-refractivity contribution is 0.0591. The SMILES string of the molecule is Cc1c(C)c(C)c(C2(C)CC=C(C3=CC4=C(C3)C3(CC4)CC(C(C)C)C3)C2)c(C)c1C. The zero-order valence-electron chi connectivity index (χ0n) is 21.3. The minimum atomic E-state index is 0.248. The van der Waals surface area contributed by atoms with Crippen molar-refractivity contribution in [3.05, 3.63) is 67.8 Å². The van der Waals surface area contributed by atoms with Gasteiger partial charge in [-0.2, -0.15) is 0 Å². The zero-order valence-corrected chi connectivity index (χ0v) is 21.3. The Morgan fingerprint density at radius 1 is 0.871 bits per heavy atom. The summed E-state index contributed by atoms with van der Waals surface area (Å²) in [6, 6.07) is 0. The molecule has 0 aromatic heterocycles. The monoisotopic (exact) mass is 414 g/mol. The number of rotatable bonds is 3. The minimum Gasteiger partial charge on any atom is -0.0801 e. The van der Waals surface area contributed by atoms with Crippen LogP contribution < -0.4 is 0 Å². The summed E-state index contributed by atoms with van der Waals surface area (Å²) in [7, 11) is 0. The molecule has 4 aliphatic carbocycles. The summed E-state index contributed by atoms with van der Waals surface area (Å²) < 4.78 is 0. The molecule has 1 unspecified atom stereocenters. The highest BCUT2D eigenvalue weighted by molar-refractivity contribution is 5.58. The predicted molar refractivity (Wildman–Crippen MR) is 134 cm³/mol. The summed E-state index contributed by atoms with van der Waals surface area (Å²) in [6.45, 7) is 19.0. The van der Waals surface area contributed by atoms with Gasteiger partial charge in [0.25, 0.3) is 0 Å². The summed E-state index contributed by atoms with van der Waals surface area (Å²) in [6.07, 6.45) is 14.6. The molecule has 0 radical (unpaired) electrons. The molecule has 1 fully saturated rings. The summed E-state index contributed by atoms with van der Waals surface area (Å²) >= 11 is 0. The van der Waals surface area contributed by atoms with Crippen LogP contribution in [0.25, 0.3) is 0 Å². The molecule has 1 spiro atoms. The van der Waals surface area contributed by atoms with Crippen molar-refractivity contribution >= 4 is 0 Å². The van der Waals surface area contributed by atoms with E-state index >= 15 is 0 Å². The highest BCUT2D eigenvalue weighted by Crippen LogP contribution is 2.64. The number of fused-ring (bicyclic) bond motifs is 1. The van der Waals surface area contributed by atoms with Crippen LogP contribution in [0.3, 0.4) is 0 Å². The average Bonchev–Trinajstić information content (AvgIpc) is 3.36. The molecular weight excluding hydrogens is 372 g/mol. The van der Waals surface area contributed by atoms with Gasteiger partial charge >= 0.3 is 0 Å². The lowest BCUT2D eigenvalue weighted by atomic mass is 9.55. The van der Waals surface area contributed by atoms with Crippen LogP contribution >= 0.6 is 0 Å². The lowest BCUT2D eigenvalue weighted by Gasteiger charge is -2.49. The number of allylic oxidation sites excluding steroid dienone is 6. The van der Waals surface area contributed by atoms with Crippen molar-refractivity contribution in [3.8, 4) is 0 Å². The topological polar surface area (TPSA) is 0 Å². The van der Waals surface area contributed by atoms with Crippen molar-refractivity contribution in [1.82, 2.24) is 0 Å². The van der Waals surface area contributed by atoms with Crippen molar-refractivity contribution in [1.29, 1.82) is 0 Å². The molecule has 1 aromatic carbocycles. The summed E-state index contributed by atoms with van der Waals surface area (Å²) in [4.78, 5) is 0. The van der Waals surface area contributed by atoms with Crippen LogP contribution in [0.4, 0.5) is 0 Å². The highest BCUT2D eigenvalue weighted by atomic mass is 14.6. The van der Waals surface area contributed by atoms with E-state index in [0.29, 0.717) is 5.41 Å².